The van der Waals surface area contributed by atoms with Crippen molar-refractivity contribution in [2.45, 2.75) is 39.3 Å². The summed E-state index contributed by atoms with van der Waals surface area (Å²) in [6.07, 6.45) is 1.10. The van der Waals surface area contributed by atoms with Crippen molar-refractivity contribution in [3.63, 3.8) is 0 Å². The molecule has 1 aromatic heterocycles. The van der Waals surface area contributed by atoms with E-state index < -0.39 is 0 Å². The maximum Gasteiger partial charge on any atom is 0.119 e. The first-order chi connectivity index (χ1) is 9.10. The summed E-state index contributed by atoms with van der Waals surface area (Å²) in [5.41, 5.74) is 8.08. The third kappa shape index (κ3) is 3.55. The topological polar surface area (TPSA) is 48.1 Å². The molecule has 4 heteroatoms. The van der Waals surface area contributed by atoms with Crippen LogP contribution in [0.25, 0.3) is 11.3 Å². The Morgan fingerprint density at radius 1 is 1.26 bits per heavy atom. The lowest BCUT2D eigenvalue weighted by Crippen LogP contribution is -2.07. The highest BCUT2D eigenvalue weighted by Crippen LogP contribution is 2.27. The molecule has 0 saturated heterocycles. The summed E-state index contributed by atoms with van der Waals surface area (Å²) in [7, 11) is 0. The van der Waals surface area contributed by atoms with Gasteiger partial charge in [0.2, 0.25) is 0 Å². The molecule has 2 rings (SSSR count). The summed E-state index contributed by atoms with van der Waals surface area (Å²) < 4.78 is 5.63. The molecule has 2 N–H and O–H groups in total. The number of hydrogen-bond acceptors (Lipinski definition) is 4. The zero-order valence-corrected chi connectivity index (χ0v) is 12.4. The van der Waals surface area contributed by atoms with Crippen molar-refractivity contribution in [2.75, 3.05) is 0 Å². The average Bonchev–Trinajstić information content (AvgIpc) is 2.87. The van der Waals surface area contributed by atoms with E-state index in [4.69, 9.17) is 10.5 Å². The van der Waals surface area contributed by atoms with Gasteiger partial charge in [0.05, 0.1) is 17.8 Å². The van der Waals surface area contributed by atoms with Gasteiger partial charge in [-0.15, -0.1) is 11.3 Å². The molecule has 0 fully saturated rings. The molecule has 0 aliphatic rings. The molecule has 0 saturated carbocycles. The maximum absolute atomic E-state index is 5.99. The van der Waals surface area contributed by atoms with Gasteiger partial charge in [-0.05, 0) is 44.5 Å². The highest BCUT2D eigenvalue weighted by molar-refractivity contribution is 7.10. The molecule has 0 aliphatic carbocycles. The van der Waals surface area contributed by atoms with Gasteiger partial charge in [-0.2, -0.15) is 0 Å². The lowest BCUT2D eigenvalue weighted by atomic mass is 10.1. The van der Waals surface area contributed by atoms with Gasteiger partial charge >= 0.3 is 0 Å². The van der Waals surface area contributed by atoms with E-state index in [9.17, 15) is 0 Å². The summed E-state index contributed by atoms with van der Waals surface area (Å²) in [6.45, 7) is 6.11. The van der Waals surface area contributed by atoms with Crippen molar-refractivity contribution in [1.82, 2.24) is 4.98 Å². The van der Waals surface area contributed by atoms with Gasteiger partial charge in [0.25, 0.3) is 0 Å². The third-order valence-electron chi connectivity index (χ3n) is 2.80. The van der Waals surface area contributed by atoms with E-state index in [1.165, 1.54) is 0 Å². The number of nitrogens with two attached hydrogens (primary N) is 1. The van der Waals surface area contributed by atoms with E-state index in [1.807, 2.05) is 38.1 Å². The van der Waals surface area contributed by atoms with Gasteiger partial charge in [0.1, 0.15) is 10.8 Å². The first-order valence-corrected chi connectivity index (χ1v) is 7.46. The van der Waals surface area contributed by atoms with Gasteiger partial charge < -0.3 is 10.5 Å². The van der Waals surface area contributed by atoms with Gasteiger partial charge in [-0.25, -0.2) is 4.98 Å². The minimum Gasteiger partial charge on any atom is -0.491 e. The molecule has 102 valence electrons. The zero-order valence-electron chi connectivity index (χ0n) is 11.6. The molecule has 0 radical (unpaired) electrons. The van der Waals surface area contributed by atoms with Crippen LogP contribution in [0.3, 0.4) is 0 Å². The lowest BCUT2D eigenvalue weighted by Gasteiger charge is -2.09. The normalized spacial score (nSPS) is 12.7. The Kier molecular flexibility index (Phi) is 4.56. The molecular formula is C15H20N2OS. The van der Waals surface area contributed by atoms with Crippen molar-refractivity contribution in [1.29, 1.82) is 0 Å². The van der Waals surface area contributed by atoms with Crippen molar-refractivity contribution < 1.29 is 4.74 Å². The number of nitrogens with zero attached hydrogens (tertiary/aromatic N) is 1. The number of ether oxygens (including phenoxy) is 1. The zero-order chi connectivity index (χ0) is 13.8. The van der Waals surface area contributed by atoms with Crippen molar-refractivity contribution in [3.8, 4) is 17.0 Å². The van der Waals surface area contributed by atoms with Crippen molar-refractivity contribution in [3.05, 3.63) is 34.7 Å². The summed E-state index contributed by atoms with van der Waals surface area (Å²) in [6, 6.07) is 8.08. The molecular weight excluding hydrogens is 256 g/mol. The standard InChI is InChI=1S/C15H20N2OS/c1-4-13(16)15-17-14(9-19-15)11-5-7-12(8-6-11)18-10(2)3/h5-10,13H,4,16H2,1-3H3. The van der Waals surface area contributed by atoms with E-state index in [1.54, 1.807) is 11.3 Å². The molecule has 3 nitrogen and oxygen atoms in total. The van der Waals surface area contributed by atoms with Crippen LogP contribution in [-0.2, 0) is 0 Å². The van der Waals surface area contributed by atoms with E-state index in [-0.39, 0.29) is 12.1 Å². The molecule has 1 unspecified atom stereocenters. The van der Waals surface area contributed by atoms with Crippen LogP contribution in [0.4, 0.5) is 0 Å². The maximum atomic E-state index is 5.99. The fraction of sp³-hybridized carbons (Fsp3) is 0.400. The number of thiazole rings is 1. The first-order valence-electron chi connectivity index (χ1n) is 6.58. The van der Waals surface area contributed by atoms with E-state index in [0.29, 0.717) is 0 Å². The summed E-state index contributed by atoms with van der Waals surface area (Å²) in [5.74, 6) is 0.888. The van der Waals surface area contributed by atoms with E-state index >= 15 is 0 Å². The molecule has 0 amide bonds. The minimum atomic E-state index is 0.0438. The monoisotopic (exact) mass is 276 g/mol. The average molecular weight is 276 g/mol. The Morgan fingerprint density at radius 3 is 2.53 bits per heavy atom. The van der Waals surface area contributed by atoms with Crippen LogP contribution in [-0.4, -0.2) is 11.1 Å². The van der Waals surface area contributed by atoms with Crippen LogP contribution in [0.15, 0.2) is 29.6 Å². The second kappa shape index (κ2) is 6.17. The Morgan fingerprint density at radius 2 is 1.95 bits per heavy atom. The van der Waals surface area contributed by atoms with Gasteiger partial charge in [0, 0.05) is 10.9 Å². The van der Waals surface area contributed by atoms with Crippen LogP contribution in [0.5, 0.6) is 5.75 Å². The van der Waals surface area contributed by atoms with E-state index in [0.717, 1.165) is 28.4 Å². The molecule has 0 spiro atoms. The Bertz CT molecular complexity index is 519. The predicted molar refractivity (Wildman–Crippen MR) is 80.5 cm³/mol. The highest BCUT2D eigenvalue weighted by Gasteiger charge is 2.10. The van der Waals surface area contributed by atoms with Crippen LogP contribution in [0.1, 0.15) is 38.2 Å². The summed E-state index contributed by atoms with van der Waals surface area (Å²) in [4.78, 5) is 4.59. The molecule has 19 heavy (non-hydrogen) atoms. The second-order valence-electron chi connectivity index (χ2n) is 4.78. The van der Waals surface area contributed by atoms with Crippen molar-refractivity contribution >= 4 is 11.3 Å². The predicted octanol–water partition coefficient (Wildman–Crippen LogP) is 4.01. The smallest absolute Gasteiger partial charge is 0.119 e. The Hall–Kier alpha value is -1.39. The second-order valence-corrected chi connectivity index (χ2v) is 5.67. The Balaban J connectivity index is 2.15. The van der Waals surface area contributed by atoms with Crippen LogP contribution in [0.2, 0.25) is 0 Å². The van der Waals surface area contributed by atoms with Crippen LogP contribution >= 0.6 is 11.3 Å². The molecule has 1 aromatic carbocycles. The van der Waals surface area contributed by atoms with Crippen LogP contribution in [0, 0.1) is 0 Å². The van der Waals surface area contributed by atoms with E-state index in [2.05, 4.69) is 17.3 Å². The fourth-order valence-electron chi connectivity index (χ4n) is 1.74. The third-order valence-corrected chi connectivity index (χ3v) is 3.78. The number of hydrogen-bond donors (Lipinski definition) is 1. The Labute approximate surface area is 118 Å². The highest BCUT2D eigenvalue weighted by atomic mass is 32.1. The van der Waals surface area contributed by atoms with Gasteiger partial charge in [-0.1, -0.05) is 6.92 Å². The number of rotatable bonds is 5. The fourth-order valence-corrected chi connectivity index (χ4v) is 2.66. The van der Waals surface area contributed by atoms with Gasteiger partial charge in [0.15, 0.2) is 0 Å². The lowest BCUT2D eigenvalue weighted by molar-refractivity contribution is 0.242. The van der Waals surface area contributed by atoms with Crippen LogP contribution < -0.4 is 10.5 Å². The molecule has 1 heterocycles. The summed E-state index contributed by atoms with van der Waals surface area (Å²) in [5, 5.41) is 3.06. The first kappa shape index (κ1) is 14.0. The quantitative estimate of drug-likeness (QED) is 0.897. The van der Waals surface area contributed by atoms with Gasteiger partial charge in [-0.3, -0.25) is 0 Å². The molecule has 0 aliphatic heterocycles. The molecule has 2 aromatic rings. The molecule has 1 atom stereocenters. The van der Waals surface area contributed by atoms with Crippen molar-refractivity contribution in [2.24, 2.45) is 5.73 Å². The SMILES string of the molecule is CCC(N)c1nc(-c2ccc(OC(C)C)cc2)cs1. The number of benzene rings is 1. The summed E-state index contributed by atoms with van der Waals surface area (Å²) >= 11 is 1.62. The minimum absolute atomic E-state index is 0.0438. The largest absolute Gasteiger partial charge is 0.491 e. The number of aromatic nitrogens is 1. The molecule has 0 bridgehead atoms.